The average Bonchev–Trinajstić information content (AvgIpc) is 2.84. The van der Waals surface area contributed by atoms with Crippen molar-refractivity contribution in [1.82, 2.24) is 0 Å². The van der Waals surface area contributed by atoms with E-state index in [1.807, 2.05) is 6.92 Å². The molecule has 0 radical (unpaired) electrons. The Hall–Kier alpha value is -0.100. The predicted octanol–water partition coefficient (Wildman–Crippen LogP) is 6.65. The Labute approximate surface area is 225 Å². The van der Waals surface area contributed by atoms with Crippen LogP contribution in [0.1, 0.15) is 129 Å². The highest BCUT2D eigenvalue weighted by Gasteiger charge is 2.17. The van der Waals surface area contributed by atoms with Crippen LogP contribution in [0.15, 0.2) is 0 Å². The molecule has 0 heterocycles. The summed E-state index contributed by atoms with van der Waals surface area (Å²) in [6.07, 6.45) is 21.3. The molecule has 0 aromatic rings. The van der Waals surface area contributed by atoms with Gasteiger partial charge in [0.25, 0.3) is 0 Å². The molecule has 7 heteroatoms. The summed E-state index contributed by atoms with van der Waals surface area (Å²) in [6, 6.07) is 0. The van der Waals surface area contributed by atoms with Gasteiger partial charge in [0, 0.05) is 25.4 Å². The van der Waals surface area contributed by atoms with Gasteiger partial charge in [-0.3, -0.25) is 4.79 Å². The highest BCUT2D eigenvalue weighted by Crippen LogP contribution is 2.34. The smallest absolute Gasteiger partial charge is 0.329 e. The SMILES string of the molecule is CCCCCCCCCCCCCCCOCC(COP(O)OCCCC[NH+](C)C)CC(=O)CCC. The summed E-state index contributed by atoms with van der Waals surface area (Å²) in [6.45, 7) is 7.42. The second-order valence-corrected chi connectivity index (χ2v) is 11.7. The zero-order valence-corrected chi connectivity index (χ0v) is 25.3. The fourth-order valence-electron chi connectivity index (χ4n) is 4.27. The van der Waals surface area contributed by atoms with Crippen LogP contribution in [0.5, 0.6) is 0 Å². The topological polar surface area (TPSA) is 69.4 Å². The first-order valence-corrected chi connectivity index (χ1v) is 16.3. The van der Waals surface area contributed by atoms with Crippen LogP contribution in [0.4, 0.5) is 0 Å². The Bertz CT molecular complexity index is 467. The van der Waals surface area contributed by atoms with Crippen molar-refractivity contribution in [3.8, 4) is 0 Å². The Morgan fingerprint density at radius 3 is 1.83 bits per heavy atom. The minimum atomic E-state index is -1.89. The van der Waals surface area contributed by atoms with Crippen molar-refractivity contribution in [3.05, 3.63) is 0 Å². The zero-order chi connectivity index (χ0) is 26.7. The summed E-state index contributed by atoms with van der Waals surface area (Å²) in [5.74, 6) is 0.217. The normalized spacial score (nSPS) is 13.4. The van der Waals surface area contributed by atoms with E-state index in [0.29, 0.717) is 32.7 Å². The number of carbonyl (C=O) groups excluding carboxylic acids is 1. The van der Waals surface area contributed by atoms with Crippen LogP contribution in [0.3, 0.4) is 0 Å². The molecule has 0 aromatic heterocycles. The molecule has 2 unspecified atom stereocenters. The molecule has 0 fully saturated rings. The van der Waals surface area contributed by atoms with Gasteiger partial charge in [0.1, 0.15) is 5.78 Å². The number of Topliss-reactive ketones (excluding diaryl/α,β-unsaturated/α-hetero) is 1. The lowest BCUT2D eigenvalue weighted by atomic mass is 10.0. The molecule has 0 aliphatic heterocycles. The molecule has 216 valence electrons. The average molecular weight is 535 g/mol. The largest absolute Gasteiger partial charge is 0.381 e. The molecule has 0 saturated carbocycles. The Kier molecular flexibility index (Phi) is 27.8. The first-order valence-electron chi connectivity index (χ1n) is 15.1. The standard InChI is InChI=1S/C29H60NO5P/c1-5-7-8-9-10-11-12-13-14-15-16-17-19-23-33-26-28(25-29(31)21-6-2)27-35-36(32)34-24-20-18-22-30(3)4/h28,32H,5-27H2,1-4H3/p+1. The molecule has 0 aliphatic rings. The van der Waals surface area contributed by atoms with E-state index in [-0.39, 0.29) is 11.7 Å². The van der Waals surface area contributed by atoms with Gasteiger partial charge in [0.2, 0.25) is 0 Å². The molecule has 2 N–H and O–H groups in total. The van der Waals surface area contributed by atoms with E-state index in [2.05, 4.69) is 21.0 Å². The van der Waals surface area contributed by atoms with E-state index in [1.165, 1.54) is 81.9 Å². The number of ether oxygens (including phenoxy) is 1. The first-order chi connectivity index (χ1) is 17.5. The fraction of sp³-hybridized carbons (Fsp3) is 0.966. The van der Waals surface area contributed by atoms with E-state index in [1.54, 1.807) is 0 Å². The molecule has 0 rings (SSSR count). The number of quaternary nitrogens is 1. The number of nitrogens with one attached hydrogen (secondary N) is 1. The minimum absolute atomic E-state index is 0.0240. The first kappa shape index (κ1) is 35.9. The van der Waals surface area contributed by atoms with E-state index in [9.17, 15) is 9.69 Å². The Morgan fingerprint density at radius 2 is 1.28 bits per heavy atom. The lowest BCUT2D eigenvalue weighted by molar-refractivity contribution is -0.858. The molecular weight excluding hydrogens is 473 g/mol. The summed E-state index contributed by atoms with van der Waals surface area (Å²) in [4.78, 5) is 23.6. The maximum absolute atomic E-state index is 12.2. The van der Waals surface area contributed by atoms with Gasteiger partial charge < -0.3 is 23.6 Å². The molecule has 0 aromatic carbocycles. The Morgan fingerprint density at radius 1 is 0.722 bits per heavy atom. The maximum atomic E-state index is 12.2. The summed E-state index contributed by atoms with van der Waals surface area (Å²) < 4.78 is 16.9. The van der Waals surface area contributed by atoms with Gasteiger partial charge in [0.05, 0.1) is 40.5 Å². The second-order valence-electron chi connectivity index (χ2n) is 10.7. The summed E-state index contributed by atoms with van der Waals surface area (Å²) >= 11 is 0. The van der Waals surface area contributed by atoms with Crippen LogP contribution in [0.25, 0.3) is 0 Å². The van der Waals surface area contributed by atoms with Gasteiger partial charge in [0.15, 0.2) is 0 Å². The molecule has 0 amide bonds. The summed E-state index contributed by atoms with van der Waals surface area (Å²) in [5.41, 5.74) is 0. The third-order valence-corrected chi connectivity index (χ3v) is 7.26. The number of rotatable bonds is 29. The highest BCUT2D eigenvalue weighted by molar-refractivity contribution is 7.40. The monoisotopic (exact) mass is 534 g/mol. The number of ketones is 1. The zero-order valence-electron chi connectivity index (χ0n) is 24.4. The van der Waals surface area contributed by atoms with Crippen LogP contribution in [-0.2, 0) is 18.6 Å². The number of unbranched alkanes of at least 4 members (excludes halogenated alkanes) is 13. The van der Waals surface area contributed by atoms with Crippen LogP contribution >= 0.6 is 8.60 Å². The van der Waals surface area contributed by atoms with E-state index < -0.39 is 8.60 Å². The Balaban J connectivity index is 3.83. The van der Waals surface area contributed by atoms with Crippen molar-refractivity contribution in [2.24, 2.45) is 5.92 Å². The molecule has 0 spiro atoms. The number of carbonyl (C=O) groups is 1. The van der Waals surface area contributed by atoms with Gasteiger partial charge >= 0.3 is 8.60 Å². The lowest BCUT2D eigenvalue weighted by Crippen LogP contribution is -3.05. The summed E-state index contributed by atoms with van der Waals surface area (Å²) in [7, 11) is 2.37. The van der Waals surface area contributed by atoms with Crippen LogP contribution < -0.4 is 4.90 Å². The quantitative estimate of drug-likeness (QED) is 0.0831. The number of hydrogen-bond donors (Lipinski definition) is 2. The van der Waals surface area contributed by atoms with Crippen molar-refractivity contribution in [3.63, 3.8) is 0 Å². The van der Waals surface area contributed by atoms with Gasteiger partial charge in [-0.2, -0.15) is 0 Å². The lowest BCUT2D eigenvalue weighted by Gasteiger charge is -2.18. The molecule has 36 heavy (non-hydrogen) atoms. The summed E-state index contributed by atoms with van der Waals surface area (Å²) in [5, 5.41) is 0. The van der Waals surface area contributed by atoms with E-state index >= 15 is 0 Å². The molecule has 0 bridgehead atoms. The molecule has 0 saturated heterocycles. The van der Waals surface area contributed by atoms with Crippen LogP contribution in [-0.4, -0.2) is 57.7 Å². The van der Waals surface area contributed by atoms with Crippen molar-refractivity contribution in [1.29, 1.82) is 0 Å². The van der Waals surface area contributed by atoms with Gasteiger partial charge in [-0.05, 0) is 25.7 Å². The third kappa shape index (κ3) is 26.9. The van der Waals surface area contributed by atoms with Crippen LogP contribution in [0.2, 0.25) is 0 Å². The van der Waals surface area contributed by atoms with Gasteiger partial charge in [-0.25, -0.2) is 0 Å². The molecule has 0 aliphatic carbocycles. The third-order valence-electron chi connectivity index (χ3n) is 6.48. The van der Waals surface area contributed by atoms with Crippen LogP contribution in [0, 0.1) is 5.92 Å². The van der Waals surface area contributed by atoms with E-state index in [0.717, 1.165) is 38.8 Å². The number of hydrogen-bond acceptors (Lipinski definition) is 5. The minimum Gasteiger partial charge on any atom is -0.381 e. The molecule has 6 nitrogen and oxygen atoms in total. The van der Waals surface area contributed by atoms with Crippen molar-refractivity contribution in [2.75, 3.05) is 47.1 Å². The fourth-order valence-corrected chi connectivity index (χ4v) is 4.97. The molecule has 2 atom stereocenters. The van der Waals surface area contributed by atoms with Gasteiger partial charge in [-0.15, -0.1) is 0 Å². The second kappa shape index (κ2) is 27.9. The van der Waals surface area contributed by atoms with E-state index in [4.69, 9.17) is 13.8 Å². The van der Waals surface area contributed by atoms with Crippen molar-refractivity contribution in [2.45, 2.75) is 129 Å². The van der Waals surface area contributed by atoms with Crippen molar-refractivity contribution < 1.29 is 28.4 Å². The highest BCUT2D eigenvalue weighted by atomic mass is 31.2. The van der Waals surface area contributed by atoms with Gasteiger partial charge in [-0.1, -0.05) is 90.9 Å². The predicted molar refractivity (Wildman–Crippen MR) is 152 cm³/mol. The van der Waals surface area contributed by atoms with Crippen molar-refractivity contribution >= 4 is 14.4 Å². The maximum Gasteiger partial charge on any atom is 0.329 e. The molecular formula is C29H61NO5P+.